The third-order valence-electron chi connectivity index (χ3n) is 3.63. The molecule has 0 amide bonds. The number of anilines is 1. The van der Waals surface area contributed by atoms with Gasteiger partial charge in [0, 0.05) is 39.3 Å². The van der Waals surface area contributed by atoms with Gasteiger partial charge >= 0.3 is 5.97 Å². The van der Waals surface area contributed by atoms with Crippen LogP contribution in [0.1, 0.15) is 18.9 Å². The number of aliphatic carboxylic acids is 1. The lowest BCUT2D eigenvalue weighted by atomic mass is 10.1. The fraction of sp³-hybridized carbons (Fsp3) is 0.562. The standard InChI is InChI=1S/C16H25N3O3/c1-2-22-15-11-13(12-18-6-5-16(20)21)3-4-14(15)19-9-7-17-8-10-19/h3-4,11,17-18H,2,5-10,12H2,1H3,(H,20,21). The van der Waals surface area contributed by atoms with Gasteiger partial charge in [0.1, 0.15) is 5.75 Å². The maximum absolute atomic E-state index is 10.5. The molecule has 0 aliphatic carbocycles. The monoisotopic (exact) mass is 307 g/mol. The zero-order valence-corrected chi connectivity index (χ0v) is 13.1. The minimum atomic E-state index is -0.781. The summed E-state index contributed by atoms with van der Waals surface area (Å²) in [6.45, 7) is 7.68. The predicted octanol–water partition coefficient (Wildman–Crippen LogP) is 1.06. The Bertz CT molecular complexity index is 488. The third-order valence-corrected chi connectivity index (χ3v) is 3.63. The number of carboxylic acids is 1. The van der Waals surface area contributed by atoms with Crippen LogP contribution in [0.4, 0.5) is 5.69 Å². The van der Waals surface area contributed by atoms with Gasteiger partial charge in [-0.25, -0.2) is 0 Å². The minimum Gasteiger partial charge on any atom is -0.492 e. The molecule has 1 aromatic rings. The molecule has 0 atom stereocenters. The van der Waals surface area contributed by atoms with Crippen molar-refractivity contribution in [2.24, 2.45) is 0 Å². The number of carbonyl (C=O) groups is 1. The molecule has 1 aromatic carbocycles. The van der Waals surface area contributed by atoms with Gasteiger partial charge in [-0.15, -0.1) is 0 Å². The zero-order chi connectivity index (χ0) is 15.8. The first-order valence-electron chi connectivity index (χ1n) is 7.84. The largest absolute Gasteiger partial charge is 0.492 e. The topological polar surface area (TPSA) is 73.8 Å². The van der Waals surface area contributed by atoms with Gasteiger partial charge in [-0.05, 0) is 24.6 Å². The molecular formula is C16H25N3O3. The van der Waals surface area contributed by atoms with E-state index in [4.69, 9.17) is 9.84 Å². The number of benzene rings is 1. The third kappa shape index (κ3) is 4.89. The Balaban J connectivity index is 2.00. The van der Waals surface area contributed by atoms with Gasteiger partial charge in [0.2, 0.25) is 0 Å². The number of ether oxygens (including phenoxy) is 1. The van der Waals surface area contributed by atoms with Gasteiger partial charge in [-0.1, -0.05) is 6.07 Å². The number of rotatable bonds is 8. The van der Waals surface area contributed by atoms with Crippen LogP contribution in [0.25, 0.3) is 0 Å². The van der Waals surface area contributed by atoms with E-state index in [2.05, 4.69) is 33.7 Å². The first kappa shape index (κ1) is 16.6. The van der Waals surface area contributed by atoms with Crippen molar-refractivity contribution < 1.29 is 14.6 Å². The molecule has 0 radical (unpaired) electrons. The van der Waals surface area contributed by atoms with Crippen LogP contribution in [0.3, 0.4) is 0 Å². The normalized spacial score (nSPS) is 14.9. The Morgan fingerprint density at radius 1 is 1.41 bits per heavy atom. The van der Waals surface area contributed by atoms with Crippen LogP contribution in [0.5, 0.6) is 5.75 Å². The molecule has 6 nitrogen and oxygen atoms in total. The van der Waals surface area contributed by atoms with Crippen molar-refractivity contribution in [2.45, 2.75) is 19.9 Å². The number of nitrogens with zero attached hydrogens (tertiary/aromatic N) is 1. The number of hydrogen-bond donors (Lipinski definition) is 3. The Kier molecular flexibility index (Phi) is 6.48. The summed E-state index contributed by atoms with van der Waals surface area (Å²) in [7, 11) is 0. The van der Waals surface area contributed by atoms with Gasteiger partial charge in [-0.3, -0.25) is 4.79 Å². The molecule has 6 heteroatoms. The molecule has 0 unspecified atom stereocenters. The fourth-order valence-corrected chi connectivity index (χ4v) is 2.53. The van der Waals surface area contributed by atoms with Crippen LogP contribution in [0.15, 0.2) is 18.2 Å². The quantitative estimate of drug-likeness (QED) is 0.624. The molecule has 0 aromatic heterocycles. The molecule has 1 fully saturated rings. The van der Waals surface area contributed by atoms with Crippen LogP contribution in [0, 0.1) is 0 Å². The molecule has 0 bridgehead atoms. The molecule has 1 saturated heterocycles. The number of hydrogen-bond acceptors (Lipinski definition) is 5. The highest BCUT2D eigenvalue weighted by molar-refractivity contribution is 5.66. The summed E-state index contributed by atoms with van der Waals surface area (Å²) in [5.74, 6) is 0.124. The van der Waals surface area contributed by atoms with E-state index in [-0.39, 0.29) is 6.42 Å². The van der Waals surface area contributed by atoms with Crippen molar-refractivity contribution in [1.82, 2.24) is 10.6 Å². The van der Waals surface area contributed by atoms with Crippen LogP contribution >= 0.6 is 0 Å². The first-order valence-corrected chi connectivity index (χ1v) is 7.84. The zero-order valence-electron chi connectivity index (χ0n) is 13.1. The smallest absolute Gasteiger partial charge is 0.304 e. The Labute approximate surface area is 131 Å². The second-order valence-corrected chi connectivity index (χ2v) is 5.29. The molecule has 2 rings (SSSR count). The molecule has 3 N–H and O–H groups in total. The van der Waals surface area contributed by atoms with Crippen molar-refractivity contribution in [2.75, 3.05) is 44.2 Å². The highest BCUT2D eigenvalue weighted by atomic mass is 16.5. The van der Waals surface area contributed by atoms with Gasteiger partial charge in [-0.2, -0.15) is 0 Å². The number of carboxylic acid groups (broad SMARTS) is 1. The molecule has 22 heavy (non-hydrogen) atoms. The predicted molar refractivity (Wildman–Crippen MR) is 86.7 cm³/mol. The molecule has 1 heterocycles. The van der Waals surface area contributed by atoms with E-state index in [1.165, 1.54) is 0 Å². The Morgan fingerprint density at radius 2 is 2.18 bits per heavy atom. The van der Waals surface area contributed by atoms with E-state index in [1.54, 1.807) is 0 Å². The first-order chi connectivity index (χ1) is 10.7. The van der Waals surface area contributed by atoms with Crippen molar-refractivity contribution in [3.05, 3.63) is 23.8 Å². The summed E-state index contributed by atoms with van der Waals surface area (Å²) in [5, 5.41) is 15.1. The van der Waals surface area contributed by atoms with Crippen LogP contribution in [-0.4, -0.2) is 50.4 Å². The lowest BCUT2D eigenvalue weighted by Gasteiger charge is -2.31. The lowest BCUT2D eigenvalue weighted by molar-refractivity contribution is -0.136. The molecule has 1 aliphatic rings. The molecule has 0 saturated carbocycles. The summed E-state index contributed by atoms with van der Waals surface area (Å²) in [6.07, 6.45) is 0.136. The second kappa shape index (κ2) is 8.60. The van der Waals surface area contributed by atoms with E-state index in [9.17, 15) is 4.79 Å². The van der Waals surface area contributed by atoms with Crippen molar-refractivity contribution >= 4 is 11.7 Å². The van der Waals surface area contributed by atoms with Crippen molar-refractivity contribution in [3.63, 3.8) is 0 Å². The van der Waals surface area contributed by atoms with Crippen LogP contribution < -0.4 is 20.3 Å². The average Bonchev–Trinajstić information content (AvgIpc) is 2.53. The Morgan fingerprint density at radius 3 is 2.86 bits per heavy atom. The molecular weight excluding hydrogens is 282 g/mol. The van der Waals surface area contributed by atoms with Gasteiger partial charge in [0.25, 0.3) is 0 Å². The number of nitrogens with one attached hydrogen (secondary N) is 2. The van der Waals surface area contributed by atoms with E-state index in [1.807, 2.05) is 6.92 Å². The Hall–Kier alpha value is -1.79. The summed E-state index contributed by atoms with van der Waals surface area (Å²) < 4.78 is 5.79. The minimum absolute atomic E-state index is 0.136. The molecule has 0 spiro atoms. The van der Waals surface area contributed by atoms with E-state index in [0.29, 0.717) is 19.7 Å². The van der Waals surface area contributed by atoms with Gasteiger partial charge in [0.05, 0.1) is 18.7 Å². The van der Waals surface area contributed by atoms with Gasteiger partial charge in [0.15, 0.2) is 0 Å². The summed E-state index contributed by atoms with van der Waals surface area (Å²) in [5.41, 5.74) is 2.24. The summed E-state index contributed by atoms with van der Waals surface area (Å²) in [6, 6.07) is 6.23. The maximum atomic E-state index is 10.5. The maximum Gasteiger partial charge on any atom is 0.304 e. The van der Waals surface area contributed by atoms with Crippen molar-refractivity contribution in [1.29, 1.82) is 0 Å². The van der Waals surface area contributed by atoms with E-state index >= 15 is 0 Å². The lowest BCUT2D eigenvalue weighted by Crippen LogP contribution is -2.43. The summed E-state index contributed by atoms with van der Waals surface area (Å²) >= 11 is 0. The highest BCUT2D eigenvalue weighted by Crippen LogP contribution is 2.30. The van der Waals surface area contributed by atoms with Crippen LogP contribution in [0.2, 0.25) is 0 Å². The summed E-state index contributed by atoms with van der Waals surface area (Å²) in [4.78, 5) is 12.8. The van der Waals surface area contributed by atoms with E-state index in [0.717, 1.165) is 43.2 Å². The fourth-order valence-electron chi connectivity index (χ4n) is 2.53. The average molecular weight is 307 g/mol. The second-order valence-electron chi connectivity index (χ2n) is 5.29. The molecule has 1 aliphatic heterocycles. The van der Waals surface area contributed by atoms with Crippen LogP contribution in [-0.2, 0) is 11.3 Å². The van der Waals surface area contributed by atoms with Gasteiger partial charge < -0.3 is 25.4 Å². The SMILES string of the molecule is CCOc1cc(CNCCC(=O)O)ccc1N1CCNCC1. The van der Waals surface area contributed by atoms with E-state index < -0.39 is 5.97 Å². The number of piperazine rings is 1. The molecule has 122 valence electrons. The van der Waals surface area contributed by atoms with Crippen molar-refractivity contribution in [3.8, 4) is 5.75 Å². The highest BCUT2D eigenvalue weighted by Gasteiger charge is 2.15.